The van der Waals surface area contributed by atoms with Gasteiger partial charge in [0.05, 0.1) is 25.6 Å². The first-order valence-corrected chi connectivity index (χ1v) is 10.3. The molecule has 2 aromatic carbocycles. The molecule has 2 aromatic heterocycles. The zero-order valence-corrected chi connectivity index (χ0v) is 17.4. The molecule has 1 N–H and O–H groups in total. The smallest absolute Gasteiger partial charge is 0.251 e. The van der Waals surface area contributed by atoms with E-state index in [1.807, 2.05) is 42.5 Å². The van der Waals surface area contributed by atoms with Gasteiger partial charge >= 0.3 is 0 Å². The van der Waals surface area contributed by atoms with E-state index >= 15 is 0 Å². The number of fused-ring (bicyclic) bond motifs is 1. The molecule has 3 heterocycles. The van der Waals surface area contributed by atoms with Crippen molar-refractivity contribution in [2.75, 3.05) is 13.7 Å². The first-order valence-electron chi connectivity index (χ1n) is 10.3. The Morgan fingerprint density at radius 1 is 1.06 bits per heavy atom. The van der Waals surface area contributed by atoms with Crippen molar-refractivity contribution in [1.29, 1.82) is 0 Å². The molecule has 0 saturated carbocycles. The van der Waals surface area contributed by atoms with Gasteiger partial charge < -0.3 is 19.2 Å². The number of ether oxygens (including phenoxy) is 2. The van der Waals surface area contributed by atoms with Crippen molar-refractivity contribution in [3.8, 4) is 34.2 Å². The van der Waals surface area contributed by atoms with E-state index in [1.54, 1.807) is 31.6 Å². The van der Waals surface area contributed by atoms with Crippen molar-refractivity contribution in [3.05, 3.63) is 84.1 Å². The molecular formula is C25H21N3O4. The van der Waals surface area contributed by atoms with E-state index in [1.165, 1.54) is 0 Å². The minimum Gasteiger partial charge on any atom is -0.488 e. The highest BCUT2D eigenvalue weighted by Gasteiger charge is 2.24. The lowest BCUT2D eigenvalue weighted by Crippen LogP contribution is -2.34. The highest BCUT2D eigenvalue weighted by atomic mass is 16.5. The second-order valence-corrected chi connectivity index (χ2v) is 7.49. The first-order chi connectivity index (χ1) is 15.7. The second kappa shape index (κ2) is 8.55. The number of carbonyl (C=O) groups excluding carboxylic acids is 1. The van der Waals surface area contributed by atoms with Gasteiger partial charge in [-0.25, -0.2) is 0 Å². The summed E-state index contributed by atoms with van der Waals surface area (Å²) in [6.45, 7) is 0.422. The van der Waals surface area contributed by atoms with Gasteiger partial charge in [-0.15, -0.1) is 10.2 Å². The normalized spacial score (nSPS) is 14.5. The third-order valence-corrected chi connectivity index (χ3v) is 5.39. The Kier molecular flexibility index (Phi) is 5.29. The number of rotatable bonds is 6. The fourth-order valence-corrected chi connectivity index (χ4v) is 3.71. The third kappa shape index (κ3) is 4.05. The predicted molar refractivity (Wildman–Crippen MR) is 119 cm³/mol. The van der Waals surface area contributed by atoms with Crippen LogP contribution >= 0.6 is 0 Å². The van der Waals surface area contributed by atoms with Gasteiger partial charge in [-0.3, -0.25) is 4.79 Å². The average molecular weight is 427 g/mol. The van der Waals surface area contributed by atoms with E-state index in [4.69, 9.17) is 13.9 Å². The number of hydrogen-bond donors (Lipinski definition) is 1. The Morgan fingerprint density at radius 3 is 2.62 bits per heavy atom. The molecule has 0 radical (unpaired) electrons. The highest BCUT2D eigenvalue weighted by molar-refractivity contribution is 5.94. The first kappa shape index (κ1) is 19.8. The molecule has 0 aliphatic carbocycles. The van der Waals surface area contributed by atoms with Crippen LogP contribution in [0.4, 0.5) is 0 Å². The van der Waals surface area contributed by atoms with Gasteiger partial charge in [-0.2, -0.15) is 0 Å². The quantitative estimate of drug-likeness (QED) is 0.498. The van der Waals surface area contributed by atoms with Gasteiger partial charge in [0.25, 0.3) is 5.91 Å². The standard InChI is InChI=1S/C25H21N3O4/c1-30-24-11-9-21(27-28-24)18-8-10-23-19(13-18)14-20(32-23)15-26-25(29)17-6-4-16(5-7-17)22-3-2-12-31-22/h2-13,20H,14-15H2,1H3,(H,26,29). The van der Waals surface area contributed by atoms with Gasteiger partial charge in [-0.1, -0.05) is 12.1 Å². The van der Waals surface area contributed by atoms with Crippen LogP contribution in [0, 0.1) is 0 Å². The summed E-state index contributed by atoms with van der Waals surface area (Å²) in [5.41, 5.74) is 4.34. The summed E-state index contributed by atoms with van der Waals surface area (Å²) >= 11 is 0. The van der Waals surface area contributed by atoms with E-state index in [0.29, 0.717) is 24.4 Å². The minimum absolute atomic E-state index is 0.117. The maximum absolute atomic E-state index is 12.5. The lowest BCUT2D eigenvalue weighted by molar-refractivity contribution is 0.0933. The molecular weight excluding hydrogens is 406 g/mol. The van der Waals surface area contributed by atoms with Crippen molar-refractivity contribution in [3.63, 3.8) is 0 Å². The number of furan rings is 1. The number of nitrogens with zero attached hydrogens (tertiary/aromatic N) is 2. The Bertz CT molecular complexity index is 1220. The monoisotopic (exact) mass is 427 g/mol. The van der Waals surface area contributed by atoms with Gasteiger partial charge in [0.15, 0.2) is 0 Å². The zero-order chi connectivity index (χ0) is 21.9. The van der Waals surface area contributed by atoms with Crippen LogP contribution in [0.2, 0.25) is 0 Å². The number of hydrogen-bond acceptors (Lipinski definition) is 6. The van der Waals surface area contributed by atoms with Crippen LogP contribution < -0.4 is 14.8 Å². The number of benzene rings is 2. The molecule has 1 atom stereocenters. The Hall–Kier alpha value is -4.13. The van der Waals surface area contributed by atoms with Gasteiger partial charge in [-0.05, 0) is 54.1 Å². The number of amides is 1. The molecule has 5 rings (SSSR count). The number of carbonyl (C=O) groups is 1. The van der Waals surface area contributed by atoms with Crippen molar-refractivity contribution in [2.45, 2.75) is 12.5 Å². The Balaban J connectivity index is 1.19. The molecule has 1 unspecified atom stereocenters. The maximum Gasteiger partial charge on any atom is 0.251 e. The molecule has 7 nitrogen and oxygen atoms in total. The Morgan fingerprint density at radius 2 is 1.91 bits per heavy atom. The van der Waals surface area contributed by atoms with Crippen LogP contribution in [0.25, 0.3) is 22.6 Å². The van der Waals surface area contributed by atoms with Crippen molar-refractivity contribution < 1.29 is 18.7 Å². The molecule has 1 aliphatic heterocycles. The van der Waals surface area contributed by atoms with Crippen LogP contribution in [0.1, 0.15) is 15.9 Å². The van der Waals surface area contributed by atoms with Gasteiger partial charge in [0, 0.05) is 29.2 Å². The summed E-state index contributed by atoms with van der Waals surface area (Å²) in [5, 5.41) is 11.2. The fourth-order valence-electron chi connectivity index (χ4n) is 3.71. The summed E-state index contributed by atoms with van der Waals surface area (Å²) in [7, 11) is 1.56. The average Bonchev–Trinajstić information content (AvgIpc) is 3.52. The zero-order valence-electron chi connectivity index (χ0n) is 17.4. The topological polar surface area (TPSA) is 86.5 Å². The summed E-state index contributed by atoms with van der Waals surface area (Å²) in [4.78, 5) is 12.5. The summed E-state index contributed by atoms with van der Waals surface area (Å²) in [5.74, 6) is 1.95. The van der Waals surface area contributed by atoms with E-state index in [9.17, 15) is 4.79 Å². The molecule has 0 saturated heterocycles. The van der Waals surface area contributed by atoms with Crippen molar-refractivity contribution in [1.82, 2.24) is 15.5 Å². The van der Waals surface area contributed by atoms with E-state index in [2.05, 4.69) is 21.6 Å². The van der Waals surface area contributed by atoms with Crippen molar-refractivity contribution >= 4 is 5.91 Å². The molecule has 1 aliphatic rings. The number of nitrogens with one attached hydrogen (secondary N) is 1. The molecule has 0 fully saturated rings. The summed E-state index contributed by atoms with van der Waals surface area (Å²) < 4.78 is 16.4. The maximum atomic E-state index is 12.5. The molecule has 7 heteroatoms. The molecule has 4 aromatic rings. The van der Waals surface area contributed by atoms with Crippen LogP contribution in [-0.2, 0) is 6.42 Å². The minimum atomic E-state index is -0.134. The van der Waals surface area contributed by atoms with Crippen LogP contribution in [0.5, 0.6) is 11.6 Å². The van der Waals surface area contributed by atoms with Crippen LogP contribution in [0.15, 0.2) is 77.4 Å². The van der Waals surface area contributed by atoms with E-state index in [0.717, 1.165) is 33.9 Å². The highest BCUT2D eigenvalue weighted by Crippen LogP contribution is 2.32. The van der Waals surface area contributed by atoms with E-state index in [-0.39, 0.29) is 12.0 Å². The largest absolute Gasteiger partial charge is 0.488 e. The number of methoxy groups -OCH3 is 1. The van der Waals surface area contributed by atoms with Crippen LogP contribution in [-0.4, -0.2) is 35.9 Å². The molecule has 0 bridgehead atoms. The lowest BCUT2D eigenvalue weighted by atomic mass is 10.0. The fraction of sp³-hybridized carbons (Fsp3) is 0.160. The molecule has 1 amide bonds. The van der Waals surface area contributed by atoms with Gasteiger partial charge in [0.2, 0.25) is 5.88 Å². The van der Waals surface area contributed by atoms with Crippen LogP contribution in [0.3, 0.4) is 0 Å². The Labute approximate surface area is 185 Å². The lowest BCUT2D eigenvalue weighted by Gasteiger charge is -2.12. The second-order valence-electron chi connectivity index (χ2n) is 7.49. The molecule has 160 valence electrons. The molecule has 32 heavy (non-hydrogen) atoms. The SMILES string of the molecule is COc1ccc(-c2ccc3c(c2)CC(CNC(=O)c2ccc(-c4ccco4)cc2)O3)nn1. The molecule has 0 spiro atoms. The third-order valence-electron chi connectivity index (χ3n) is 5.39. The number of aromatic nitrogens is 2. The van der Waals surface area contributed by atoms with E-state index < -0.39 is 0 Å². The van der Waals surface area contributed by atoms with Crippen molar-refractivity contribution in [2.24, 2.45) is 0 Å². The summed E-state index contributed by atoms with van der Waals surface area (Å²) in [6.07, 6.45) is 2.22. The summed E-state index contributed by atoms with van der Waals surface area (Å²) in [6, 6.07) is 20.7. The predicted octanol–water partition coefficient (Wildman–Crippen LogP) is 4.15. The van der Waals surface area contributed by atoms with Gasteiger partial charge in [0.1, 0.15) is 17.6 Å².